The number of aromatic nitrogens is 2. The Bertz CT molecular complexity index is 516. The van der Waals surface area contributed by atoms with Gasteiger partial charge in [0.25, 0.3) is 5.91 Å². The molecule has 0 saturated carbocycles. The Morgan fingerprint density at radius 2 is 1.94 bits per heavy atom. The first-order valence-corrected chi connectivity index (χ1v) is 6.03. The van der Waals surface area contributed by atoms with E-state index in [1.165, 1.54) is 11.3 Å². The summed E-state index contributed by atoms with van der Waals surface area (Å²) in [6.45, 7) is 3.95. The lowest BCUT2D eigenvalue weighted by Gasteiger charge is -2.13. The van der Waals surface area contributed by atoms with Crippen LogP contribution in [-0.4, -0.2) is 22.9 Å². The predicted molar refractivity (Wildman–Crippen MR) is 68.6 cm³/mol. The SMILES string of the molecule is Cc1nc(N(C)C(=O)c2ccncc2)sc1C. The fourth-order valence-corrected chi connectivity index (χ4v) is 2.24. The number of rotatable bonds is 2. The third-order valence-corrected chi connectivity index (χ3v) is 3.69. The van der Waals surface area contributed by atoms with Crippen LogP contribution in [0.4, 0.5) is 5.13 Å². The molecule has 0 saturated heterocycles. The average molecular weight is 247 g/mol. The molecule has 0 unspecified atom stereocenters. The van der Waals surface area contributed by atoms with Crippen molar-refractivity contribution in [2.75, 3.05) is 11.9 Å². The third kappa shape index (κ3) is 2.34. The van der Waals surface area contributed by atoms with Crippen LogP contribution in [0.2, 0.25) is 0 Å². The molecular formula is C12H13N3OS. The number of carbonyl (C=O) groups is 1. The van der Waals surface area contributed by atoms with Crippen LogP contribution in [0, 0.1) is 13.8 Å². The zero-order valence-corrected chi connectivity index (χ0v) is 10.8. The molecule has 0 spiro atoms. The van der Waals surface area contributed by atoms with E-state index in [1.807, 2.05) is 13.8 Å². The van der Waals surface area contributed by atoms with E-state index in [0.717, 1.165) is 15.7 Å². The Morgan fingerprint density at radius 1 is 1.29 bits per heavy atom. The summed E-state index contributed by atoms with van der Waals surface area (Å²) in [5, 5.41) is 0.724. The molecule has 0 aliphatic rings. The van der Waals surface area contributed by atoms with Gasteiger partial charge in [-0.3, -0.25) is 14.7 Å². The fraction of sp³-hybridized carbons (Fsp3) is 0.250. The van der Waals surface area contributed by atoms with Crippen LogP contribution in [0.3, 0.4) is 0 Å². The molecule has 0 fully saturated rings. The second kappa shape index (κ2) is 4.63. The molecule has 0 aliphatic carbocycles. The first-order valence-electron chi connectivity index (χ1n) is 5.21. The van der Waals surface area contributed by atoms with Crippen LogP contribution in [0.25, 0.3) is 0 Å². The van der Waals surface area contributed by atoms with E-state index >= 15 is 0 Å². The van der Waals surface area contributed by atoms with Crippen molar-refractivity contribution in [1.29, 1.82) is 0 Å². The molecule has 0 N–H and O–H groups in total. The van der Waals surface area contributed by atoms with Gasteiger partial charge in [-0.05, 0) is 26.0 Å². The van der Waals surface area contributed by atoms with Crippen molar-refractivity contribution < 1.29 is 4.79 Å². The van der Waals surface area contributed by atoms with Crippen molar-refractivity contribution in [2.45, 2.75) is 13.8 Å². The normalized spacial score (nSPS) is 10.3. The Morgan fingerprint density at radius 3 is 2.47 bits per heavy atom. The number of nitrogens with zero attached hydrogens (tertiary/aromatic N) is 3. The van der Waals surface area contributed by atoms with E-state index in [9.17, 15) is 4.79 Å². The van der Waals surface area contributed by atoms with Gasteiger partial charge in [-0.1, -0.05) is 0 Å². The largest absolute Gasteiger partial charge is 0.287 e. The highest BCUT2D eigenvalue weighted by Crippen LogP contribution is 2.25. The Hall–Kier alpha value is -1.75. The van der Waals surface area contributed by atoms with Crippen LogP contribution in [-0.2, 0) is 0 Å². The first-order chi connectivity index (χ1) is 8.09. The molecule has 0 radical (unpaired) electrons. The monoisotopic (exact) mass is 247 g/mol. The summed E-state index contributed by atoms with van der Waals surface area (Å²) in [7, 11) is 1.74. The summed E-state index contributed by atoms with van der Waals surface area (Å²) < 4.78 is 0. The van der Waals surface area contributed by atoms with E-state index < -0.39 is 0 Å². The van der Waals surface area contributed by atoms with Crippen LogP contribution in [0.15, 0.2) is 24.5 Å². The minimum atomic E-state index is -0.0684. The lowest BCUT2D eigenvalue weighted by Crippen LogP contribution is -2.26. The molecule has 2 heterocycles. The van der Waals surface area contributed by atoms with E-state index in [0.29, 0.717) is 5.56 Å². The molecular weight excluding hydrogens is 234 g/mol. The molecule has 2 aromatic rings. The van der Waals surface area contributed by atoms with E-state index in [2.05, 4.69) is 9.97 Å². The quantitative estimate of drug-likeness (QED) is 0.818. The highest BCUT2D eigenvalue weighted by Gasteiger charge is 2.16. The second-order valence-corrected chi connectivity index (χ2v) is 4.92. The Balaban J connectivity index is 2.26. The molecule has 88 valence electrons. The minimum absolute atomic E-state index is 0.0684. The van der Waals surface area contributed by atoms with Gasteiger partial charge in [0.2, 0.25) is 0 Å². The number of amides is 1. The topological polar surface area (TPSA) is 46.1 Å². The number of aryl methyl sites for hydroxylation is 2. The Labute approximate surface area is 104 Å². The maximum atomic E-state index is 12.1. The number of carbonyl (C=O) groups excluding carboxylic acids is 1. The standard InChI is InChI=1S/C12H13N3OS/c1-8-9(2)17-12(14-8)15(3)11(16)10-4-6-13-7-5-10/h4-7H,1-3H3. The highest BCUT2D eigenvalue weighted by molar-refractivity contribution is 7.15. The maximum absolute atomic E-state index is 12.1. The summed E-state index contributed by atoms with van der Waals surface area (Å²) in [6, 6.07) is 3.40. The summed E-state index contributed by atoms with van der Waals surface area (Å²) in [4.78, 5) is 23.1. The summed E-state index contributed by atoms with van der Waals surface area (Å²) in [6.07, 6.45) is 3.22. The molecule has 1 amide bonds. The van der Waals surface area contributed by atoms with Crippen LogP contribution in [0.1, 0.15) is 20.9 Å². The van der Waals surface area contributed by atoms with Gasteiger partial charge in [0.1, 0.15) is 0 Å². The predicted octanol–water partition coefficient (Wildman–Crippen LogP) is 2.43. The average Bonchev–Trinajstić information content (AvgIpc) is 2.69. The molecule has 17 heavy (non-hydrogen) atoms. The van der Waals surface area contributed by atoms with Gasteiger partial charge in [-0.2, -0.15) is 0 Å². The second-order valence-electron chi connectivity index (χ2n) is 3.74. The maximum Gasteiger partial charge on any atom is 0.259 e. The van der Waals surface area contributed by atoms with Gasteiger partial charge in [0.15, 0.2) is 5.13 Å². The van der Waals surface area contributed by atoms with Crippen molar-refractivity contribution in [3.05, 3.63) is 40.7 Å². The van der Waals surface area contributed by atoms with Gasteiger partial charge in [-0.25, -0.2) is 4.98 Å². The molecule has 0 aliphatic heterocycles. The number of hydrogen-bond acceptors (Lipinski definition) is 4. The number of anilines is 1. The van der Waals surface area contributed by atoms with Gasteiger partial charge >= 0.3 is 0 Å². The number of hydrogen-bond donors (Lipinski definition) is 0. The van der Waals surface area contributed by atoms with E-state index in [4.69, 9.17) is 0 Å². The van der Waals surface area contributed by atoms with E-state index in [1.54, 1.807) is 36.5 Å². The van der Waals surface area contributed by atoms with Gasteiger partial charge in [-0.15, -0.1) is 11.3 Å². The highest BCUT2D eigenvalue weighted by atomic mass is 32.1. The van der Waals surface area contributed by atoms with Gasteiger partial charge < -0.3 is 0 Å². The lowest BCUT2D eigenvalue weighted by atomic mass is 10.2. The molecule has 2 rings (SSSR count). The molecule has 5 heteroatoms. The zero-order chi connectivity index (χ0) is 12.4. The van der Waals surface area contributed by atoms with Crippen LogP contribution in [0.5, 0.6) is 0 Å². The summed E-state index contributed by atoms with van der Waals surface area (Å²) >= 11 is 1.52. The van der Waals surface area contributed by atoms with Gasteiger partial charge in [0.05, 0.1) is 5.69 Å². The molecule has 4 nitrogen and oxygen atoms in total. The van der Waals surface area contributed by atoms with E-state index in [-0.39, 0.29) is 5.91 Å². The summed E-state index contributed by atoms with van der Waals surface area (Å²) in [5.74, 6) is -0.0684. The Kier molecular flexibility index (Phi) is 3.19. The number of thiazole rings is 1. The number of pyridine rings is 1. The van der Waals surface area contributed by atoms with Crippen molar-refractivity contribution in [3.63, 3.8) is 0 Å². The minimum Gasteiger partial charge on any atom is -0.287 e. The fourth-order valence-electron chi connectivity index (χ4n) is 1.37. The zero-order valence-electron chi connectivity index (χ0n) is 9.97. The first kappa shape index (κ1) is 11.7. The van der Waals surface area contributed by atoms with Crippen LogP contribution < -0.4 is 4.90 Å². The smallest absolute Gasteiger partial charge is 0.259 e. The molecule has 0 bridgehead atoms. The van der Waals surface area contributed by atoms with Crippen molar-refractivity contribution in [3.8, 4) is 0 Å². The van der Waals surface area contributed by atoms with Crippen molar-refractivity contribution >= 4 is 22.4 Å². The third-order valence-electron chi connectivity index (χ3n) is 2.54. The van der Waals surface area contributed by atoms with Gasteiger partial charge in [0, 0.05) is 29.9 Å². The van der Waals surface area contributed by atoms with Crippen molar-refractivity contribution in [1.82, 2.24) is 9.97 Å². The lowest BCUT2D eigenvalue weighted by molar-refractivity contribution is 0.0993. The molecule has 0 atom stereocenters. The summed E-state index contributed by atoms with van der Waals surface area (Å²) in [5.41, 5.74) is 1.59. The molecule has 0 aromatic carbocycles. The van der Waals surface area contributed by atoms with Crippen LogP contribution >= 0.6 is 11.3 Å². The van der Waals surface area contributed by atoms with Crippen molar-refractivity contribution in [2.24, 2.45) is 0 Å². The molecule has 2 aromatic heterocycles.